The van der Waals surface area contributed by atoms with Crippen LogP contribution in [0.2, 0.25) is 0 Å². The number of hydrogen-bond acceptors (Lipinski definition) is 2. The second-order valence-electron chi connectivity index (χ2n) is 4.86. The average molecular weight is 277 g/mol. The zero-order valence-electron chi connectivity index (χ0n) is 11.6. The lowest BCUT2D eigenvalue weighted by Gasteiger charge is -2.00. The van der Waals surface area contributed by atoms with Gasteiger partial charge in [-0.05, 0) is 25.1 Å². The third kappa shape index (κ3) is 2.84. The van der Waals surface area contributed by atoms with Crippen LogP contribution in [0.5, 0.6) is 0 Å². The highest BCUT2D eigenvalue weighted by Gasteiger charge is 2.04. The Morgan fingerprint density at radius 1 is 1.19 bits per heavy atom. The molecule has 2 aromatic carbocycles. The third-order valence-electron chi connectivity index (χ3n) is 3.27. The van der Waals surface area contributed by atoms with Crippen LogP contribution >= 0.6 is 0 Å². The maximum atomic E-state index is 12.0. The Hall–Kier alpha value is -2.88. The van der Waals surface area contributed by atoms with E-state index < -0.39 is 0 Å². The first-order valence-electron chi connectivity index (χ1n) is 6.70. The zero-order valence-corrected chi connectivity index (χ0v) is 11.6. The first kappa shape index (κ1) is 13.1. The van der Waals surface area contributed by atoms with Crippen molar-refractivity contribution in [2.45, 2.75) is 6.92 Å². The van der Waals surface area contributed by atoms with Crippen LogP contribution in [-0.4, -0.2) is 17.1 Å². The van der Waals surface area contributed by atoms with E-state index in [0.29, 0.717) is 5.56 Å². The van der Waals surface area contributed by atoms with Crippen molar-refractivity contribution in [1.82, 2.24) is 10.4 Å². The van der Waals surface area contributed by atoms with Gasteiger partial charge >= 0.3 is 0 Å². The van der Waals surface area contributed by atoms with E-state index in [9.17, 15) is 4.79 Å². The summed E-state index contributed by atoms with van der Waals surface area (Å²) in [5.41, 5.74) is 6.18. The molecule has 0 aliphatic heterocycles. The lowest BCUT2D eigenvalue weighted by Crippen LogP contribution is -2.17. The largest absolute Gasteiger partial charge is 0.361 e. The van der Waals surface area contributed by atoms with Crippen LogP contribution in [0.25, 0.3) is 10.9 Å². The lowest BCUT2D eigenvalue weighted by atomic mass is 10.1. The fourth-order valence-corrected chi connectivity index (χ4v) is 2.21. The van der Waals surface area contributed by atoms with Gasteiger partial charge in [-0.2, -0.15) is 5.10 Å². The fraction of sp³-hybridized carbons (Fsp3) is 0.0588. The summed E-state index contributed by atoms with van der Waals surface area (Å²) in [6, 6.07) is 15.4. The number of aromatic amines is 1. The summed E-state index contributed by atoms with van der Waals surface area (Å²) in [5, 5.41) is 5.10. The van der Waals surface area contributed by atoms with Crippen molar-refractivity contribution in [2.24, 2.45) is 5.10 Å². The molecule has 1 aromatic heterocycles. The van der Waals surface area contributed by atoms with E-state index in [1.807, 2.05) is 55.6 Å². The van der Waals surface area contributed by atoms with Gasteiger partial charge in [-0.25, -0.2) is 5.43 Å². The summed E-state index contributed by atoms with van der Waals surface area (Å²) < 4.78 is 0. The highest BCUT2D eigenvalue weighted by atomic mass is 16.2. The molecule has 0 saturated heterocycles. The van der Waals surface area contributed by atoms with E-state index in [-0.39, 0.29) is 5.91 Å². The van der Waals surface area contributed by atoms with Gasteiger partial charge in [0.05, 0.1) is 6.21 Å². The van der Waals surface area contributed by atoms with Gasteiger partial charge in [0.1, 0.15) is 0 Å². The molecule has 0 atom stereocenters. The molecule has 4 heteroatoms. The van der Waals surface area contributed by atoms with Gasteiger partial charge in [0.15, 0.2) is 0 Å². The fourth-order valence-electron chi connectivity index (χ4n) is 2.21. The van der Waals surface area contributed by atoms with E-state index in [2.05, 4.69) is 15.5 Å². The Labute approximate surface area is 122 Å². The number of para-hydroxylation sites is 1. The second-order valence-corrected chi connectivity index (χ2v) is 4.86. The molecule has 4 nitrogen and oxygen atoms in total. The number of hydrazone groups is 1. The number of benzene rings is 2. The lowest BCUT2D eigenvalue weighted by molar-refractivity contribution is 0.0955. The van der Waals surface area contributed by atoms with Gasteiger partial charge < -0.3 is 4.98 Å². The molecule has 0 spiro atoms. The van der Waals surface area contributed by atoms with E-state index in [0.717, 1.165) is 22.0 Å². The maximum absolute atomic E-state index is 12.0. The van der Waals surface area contributed by atoms with Crippen molar-refractivity contribution in [2.75, 3.05) is 0 Å². The van der Waals surface area contributed by atoms with E-state index in [1.165, 1.54) is 0 Å². The minimum atomic E-state index is -0.213. The predicted molar refractivity (Wildman–Crippen MR) is 84.5 cm³/mol. The summed E-state index contributed by atoms with van der Waals surface area (Å²) in [7, 11) is 0. The van der Waals surface area contributed by atoms with Crippen molar-refractivity contribution >= 4 is 23.0 Å². The number of nitrogens with zero attached hydrogens (tertiary/aromatic N) is 1. The van der Waals surface area contributed by atoms with Crippen molar-refractivity contribution in [3.05, 3.63) is 71.4 Å². The van der Waals surface area contributed by atoms with Crippen molar-refractivity contribution in [1.29, 1.82) is 0 Å². The highest BCUT2D eigenvalue weighted by Crippen LogP contribution is 2.15. The summed E-state index contributed by atoms with van der Waals surface area (Å²) in [6.07, 6.45) is 3.51. The van der Waals surface area contributed by atoms with Crippen molar-refractivity contribution in [3.8, 4) is 0 Å². The molecule has 0 aliphatic rings. The molecule has 2 N–H and O–H groups in total. The molecule has 0 bridgehead atoms. The molecule has 3 rings (SSSR count). The molecule has 0 saturated carbocycles. The van der Waals surface area contributed by atoms with E-state index in [4.69, 9.17) is 0 Å². The number of hydrogen-bond donors (Lipinski definition) is 2. The van der Waals surface area contributed by atoms with Crippen molar-refractivity contribution in [3.63, 3.8) is 0 Å². The SMILES string of the molecule is Cc1cccc(C(=O)N/N=C\c2c[nH]c3ccccc23)c1. The number of H-pyrrole nitrogens is 1. The summed E-state index contributed by atoms with van der Waals surface area (Å²) in [5.74, 6) is -0.213. The topological polar surface area (TPSA) is 57.2 Å². The minimum absolute atomic E-state index is 0.213. The molecular weight excluding hydrogens is 262 g/mol. The van der Waals surface area contributed by atoms with Crippen LogP contribution < -0.4 is 5.43 Å². The Bertz CT molecular complexity index is 818. The average Bonchev–Trinajstić information content (AvgIpc) is 2.91. The third-order valence-corrected chi connectivity index (χ3v) is 3.27. The van der Waals surface area contributed by atoms with Crippen LogP contribution in [-0.2, 0) is 0 Å². The highest BCUT2D eigenvalue weighted by molar-refractivity contribution is 6.00. The van der Waals surface area contributed by atoms with Crippen LogP contribution in [0.15, 0.2) is 59.8 Å². The number of aromatic nitrogens is 1. The summed E-state index contributed by atoms with van der Waals surface area (Å²) in [6.45, 7) is 1.95. The number of fused-ring (bicyclic) bond motifs is 1. The number of amides is 1. The smallest absolute Gasteiger partial charge is 0.271 e. The van der Waals surface area contributed by atoms with Crippen LogP contribution in [0.3, 0.4) is 0 Å². The van der Waals surface area contributed by atoms with Crippen LogP contribution in [0, 0.1) is 6.92 Å². The standard InChI is InChI=1S/C17H15N3O/c1-12-5-4-6-13(9-12)17(21)20-19-11-14-10-18-16-8-3-2-7-15(14)16/h2-11,18H,1H3,(H,20,21)/b19-11-. The second kappa shape index (κ2) is 5.63. The minimum Gasteiger partial charge on any atom is -0.361 e. The molecule has 3 aromatic rings. The molecule has 0 radical (unpaired) electrons. The van der Waals surface area contributed by atoms with Gasteiger partial charge in [-0.15, -0.1) is 0 Å². The van der Waals surface area contributed by atoms with Crippen LogP contribution in [0.4, 0.5) is 0 Å². The molecule has 1 amide bonds. The number of carbonyl (C=O) groups is 1. The number of rotatable bonds is 3. The number of nitrogens with one attached hydrogen (secondary N) is 2. The molecule has 104 valence electrons. The monoisotopic (exact) mass is 277 g/mol. The van der Waals surface area contributed by atoms with Crippen molar-refractivity contribution < 1.29 is 4.79 Å². The molecule has 0 unspecified atom stereocenters. The molecule has 21 heavy (non-hydrogen) atoms. The summed E-state index contributed by atoms with van der Waals surface area (Å²) >= 11 is 0. The Morgan fingerprint density at radius 3 is 2.90 bits per heavy atom. The van der Waals surface area contributed by atoms with Gasteiger partial charge in [0.2, 0.25) is 0 Å². The number of aryl methyl sites for hydroxylation is 1. The molecular formula is C17H15N3O. The quantitative estimate of drug-likeness (QED) is 0.560. The predicted octanol–water partition coefficient (Wildman–Crippen LogP) is 3.24. The maximum Gasteiger partial charge on any atom is 0.271 e. The molecule has 0 aliphatic carbocycles. The van der Waals surface area contributed by atoms with Crippen LogP contribution in [0.1, 0.15) is 21.5 Å². The van der Waals surface area contributed by atoms with Gasteiger partial charge in [0.25, 0.3) is 5.91 Å². The number of carbonyl (C=O) groups excluding carboxylic acids is 1. The Balaban J connectivity index is 1.74. The first-order valence-corrected chi connectivity index (χ1v) is 6.70. The van der Waals surface area contributed by atoms with E-state index >= 15 is 0 Å². The molecule has 0 fully saturated rings. The zero-order chi connectivity index (χ0) is 14.7. The normalized spacial score (nSPS) is 11.1. The first-order chi connectivity index (χ1) is 10.2. The summed E-state index contributed by atoms with van der Waals surface area (Å²) in [4.78, 5) is 15.1. The Morgan fingerprint density at radius 2 is 2.05 bits per heavy atom. The van der Waals surface area contributed by atoms with Gasteiger partial charge in [-0.3, -0.25) is 4.79 Å². The molecule has 1 heterocycles. The Kier molecular flexibility index (Phi) is 3.51. The van der Waals surface area contributed by atoms with E-state index in [1.54, 1.807) is 12.3 Å². The van der Waals surface area contributed by atoms with Gasteiger partial charge in [-0.1, -0.05) is 35.9 Å². The van der Waals surface area contributed by atoms with Gasteiger partial charge in [0, 0.05) is 28.2 Å².